The highest BCUT2D eigenvalue weighted by atomic mass is 35.5. The minimum atomic E-state index is 0.476. The molecule has 0 aromatic carbocycles. The summed E-state index contributed by atoms with van der Waals surface area (Å²) >= 11 is 5.95. The van der Waals surface area contributed by atoms with Gasteiger partial charge in [-0.3, -0.25) is 4.98 Å². The minimum Gasteiger partial charge on any atom is -0.364 e. The first-order chi connectivity index (χ1) is 8.72. The summed E-state index contributed by atoms with van der Waals surface area (Å²) in [5, 5.41) is 3.72. The zero-order valence-corrected chi connectivity index (χ0v) is 11.2. The van der Waals surface area contributed by atoms with Crippen LogP contribution in [0.1, 0.15) is 23.7 Å². The lowest BCUT2D eigenvalue weighted by Crippen LogP contribution is -2.07. The van der Waals surface area contributed by atoms with Crippen LogP contribution < -0.4 is 5.32 Å². The molecule has 0 fully saturated rings. The zero-order valence-electron chi connectivity index (χ0n) is 10.4. The van der Waals surface area contributed by atoms with Crippen LogP contribution in [0.2, 0.25) is 5.15 Å². The third-order valence-electron chi connectivity index (χ3n) is 2.81. The van der Waals surface area contributed by atoms with E-state index in [1.165, 1.54) is 11.9 Å². The minimum absolute atomic E-state index is 0.476. The number of halogens is 1. The average Bonchev–Trinajstić information content (AvgIpc) is 2.41. The summed E-state index contributed by atoms with van der Waals surface area (Å²) in [6, 6.07) is 4.04. The Balaban J connectivity index is 2.14. The molecular weight excluding hydrogens is 248 g/mol. The third-order valence-corrected chi connectivity index (χ3v) is 3.19. The second kappa shape index (κ2) is 5.78. The van der Waals surface area contributed by atoms with Gasteiger partial charge in [0.05, 0.1) is 12.2 Å². The third kappa shape index (κ3) is 2.76. The number of aryl methyl sites for hydroxylation is 1. The Morgan fingerprint density at radius 1 is 1.28 bits per heavy atom. The smallest absolute Gasteiger partial charge is 0.137 e. The van der Waals surface area contributed by atoms with Crippen molar-refractivity contribution >= 4 is 17.4 Å². The molecule has 5 heteroatoms. The topological polar surface area (TPSA) is 50.7 Å². The number of hydrogen-bond donors (Lipinski definition) is 1. The van der Waals surface area contributed by atoms with E-state index in [0.717, 1.165) is 23.5 Å². The molecule has 0 saturated heterocycles. The second-order valence-corrected chi connectivity index (χ2v) is 4.31. The molecule has 0 aliphatic rings. The maximum Gasteiger partial charge on any atom is 0.137 e. The van der Waals surface area contributed by atoms with E-state index >= 15 is 0 Å². The van der Waals surface area contributed by atoms with Gasteiger partial charge < -0.3 is 5.32 Å². The van der Waals surface area contributed by atoms with Gasteiger partial charge in [0.2, 0.25) is 0 Å². The molecular formula is C13H15ClN4. The van der Waals surface area contributed by atoms with Crippen molar-refractivity contribution in [3.63, 3.8) is 0 Å². The van der Waals surface area contributed by atoms with Crippen LogP contribution in [0.5, 0.6) is 0 Å². The van der Waals surface area contributed by atoms with Gasteiger partial charge in [0.25, 0.3) is 0 Å². The Morgan fingerprint density at radius 2 is 2.11 bits per heavy atom. The van der Waals surface area contributed by atoms with Crippen LogP contribution in [0, 0.1) is 6.92 Å². The van der Waals surface area contributed by atoms with Crippen LogP contribution in [0.15, 0.2) is 24.7 Å². The van der Waals surface area contributed by atoms with Crippen LogP contribution in [0.4, 0.5) is 5.82 Å². The SMILES string of the molecule is CCc1cccnc1CNc1ncnc(Cl)c1C. The molecule has 2 aromatic heterocycles. The van der Waals surface area contributed by atoms with Crippen LogP contribution in [-0.2, 0) is 13.0 Å². The number of anilines is 1. The van der Waals surface area contributed by atoms with Crippen molar-refractivity contribution < 1.29 is 0 Å². The van der Waals surface area contributed by atoms with Gasteiger partial charge in [-0.1, -0.05) is 24.6 Å². The van der Waals surface area contributed by atoms with Gasteiger partial charge in [-0.25, -0.2) is 9.97 Å². The summed E-state index contributed by atoms with van der Waals surface area (Å²) < 4.78 is 0. The Hall–Kier alpha value is -1.68. The summed E-state index contributed by atoms with van der Waals surface area (Å²) in [6.45, 7) is 4.65. The Morgan fingerprint density at radius 3 is 2.89 bits per heavy atom. The largest absolute Gasteiger partial charge is 0.364 e. The maximum absolute atomic E-state index is 5.95. The molecule has 0 radical (unpaired) electrons. The number of nitrogens with one attached hydrogen (secondary N) is 1. The van der Waals surface area contributed by atoms with E-state index in [9.17, 15) is 0 Å². The quantitative estimate of drug-likeness (QED) is 0.861. The first-order valence-corrected chi connectivity index (χ1v) is 6.24. The van der Waals surface area contributed by atoms with Gasteiger partial charge in [0.15, 0.2) is 0 Å². The van der Waals surface area contributed by atoms with Gasteiger partial charge in [-0.15, -0.1) is 0 Å². The van der Waals surface area contributed by atoms with E-state index in [1.807, 2.05) is 13.0 Å². The van der Waals surface area contributed by atoms with Gasteiger partial charge in [0.1, 0.15) is 17.3 Å². The molecule has 4 nitrogen and oxygen atoms in total. The molecule has 94 valence electrons. The van der Waals surface area contributed by atoms with Crippen LogP contribution in [0.3, 0.4) is 0 Å². The summed E-state index contributed by atoms with van der Waals surface area (Å²) in [7, 11) is 0. The molecule has 0 bridgehead atoms. The number of pyridine rings is 1. The highest BCUT2D eigenvalue weighted by molar-refractivity contribution is 6.30. The summed E-state index contributed by atoms with van der Waals surface area (Å²) in [5.74, 6) is 0.753. The van der Waals surface area contributed by atoms with E-state index in [1.54, 1.807) is 6.20 Å². The van der Waals surface area contributed by atoms with Crippen LogP contribution in [0.25, 0.3) is 0 Å². The Labute approximate surface area is 111 Å². The van der Waals surface area contributed by atoms with E-state index in [-0.39, 0.29) is 0 Å². The van der Waals surface area contributed by atoms with Crippen molar-refractivity contribution in [1.29, 1.82) is 0 Å². The predicted octanol–water partition coefficient (Wildman–Crippen LogP) is 3.01. The molecule has 2 rings (SSSR count). The highest BCUT2D eigenvalue weighted by Gasteiger charge is 2.06. The number of rotatable bonds is 4. The Kier molecular flexibility index (Phi) is 4.10. The summed E-state index contributed by atoms with van der Waals surface area (Å²) in [4.78, 5) is 12.5. The van der Waals surface area contributed by atoms with E-state index < -0.39 is 0 Å². The lowest BCUT2D eigenvalue weighted by molar-refractivity contribution is 0.957. The predicted molar refractivity (Wildman–Crippen MR) is 72.7 cm³/mol. The molecule has 0 spiro atoms. The molecule has 0 atom stereocenters. The lowest BCUT2D eigenvalue weighted by atomic mass is 10.1. The first kappa shape index (κ1) is 12.8. The van der Waals surface area contributed by atoms with Crippen LogP contribution >= 0.6 is 11.6 Å². The number of aromatic nitrogens is 3. The molecule has 2 heterocycles. The van der Waals surface area contributed by atoms with E-state index in [0.29, 0.717) is 11.7 Å². The van der Waals surface area contributed by atoms with Gasteiger partial charge in [0, 0.05) is 11.8 Å². The van der Waals surface area contributed by atoms with Gasteiger partial charge >= 0.3 is 0 Å². The highest BCUT2D eigenvalue weighted by Crippen LogP contribution is 2.18. The first-order valence-electron chi connectivity index (χ1n) is 5.86. The normalized spacial score (nSPS) is 10.4. The fourth-order valence-electron chi connectivity index (χ4n) is 1.73. The van der Waals surface area contributed by atoms with Crippen molar-refractivity contribution in [3.8, 4) is 0 Å². The fourth-order valence-corrected chi connectivity index (χ4v) is 1.86. The molecule has 0 saturated carbocycles. The summed E-state index contributed by atoms with van der Waals surface area (Å²) in [6.07, 6.45) is 4.22. The second-order valence-electron chi connectivity index (χ2n) is 3.95. The van der Waals surface area contributed by atoms with E-state index in [4.69, 9.17) is 11.6 Å². The molecule has 0 aliphatic carbocycles. The van der Waals surface area contributed by atoms with Crippen molar-refractivity contribution in [2.45, 2.75) is 26.8 Å². The van der Waals surface area contributed by atoms with Gasteiger partial charge in [-0.05, 0) is 25.0 Å². The zero-order chi connectivity index (χ0) is 13.0. The van der Waals surface area contributed by atoms with Gasteiger partial charge in [-0.2, -0.15) is 0 Å². The maximum atomic E-state index is 5.95. The average molecular weight is 263 g/mol. The van der Waals surface area contributed by atoms with Crippen molar-refractivity contribution in [1.82, 2.24) is 15.0 Å². The fraction of sp³-hybridized carbons (Fsp3) is 0.308. The number of nitrogens with zero attached hydrogens (tertiary/aromatic N) is 3. The van der Waals surface area contributed by atoms with Crippen LogP contribution in [-0.4, -0.2) is 15.0 Å². The molecule has 0 aliphatic heterocycles. The van der Waals surface area contributed by atoms with Crippen molar-refractivity contribution in [3.05, 3.63) is 46.6 Å². The standard InChI is InChI=1S/C13H15ClN4/c1-3-10-5-4-6-15-11(10)7-16-13-9(2)12(14)17-8-18-13/h4-6,8H,3,7H2,1-2H3,(H,16,17,18). The van der Waals surface area contributed by atoms with E-state index in [2.05, 4.69) is 33.3 Å². The number of hydrogen-bond acceptors (Lipinski definition) is 4. The molecule has 0 unspecified atom stereocenters. The lowest BCUT2D eigenvalue weighted by Gasteiger charge is -2.10. The Bertz CT molecular complexity index is 542. The molecule has 18 heavy (non-hydrogen) atoms. The molecule has 1 N–H and O–H groups in total. The van der Waals surface area contributed by atoms with Crippen molar-refractivity contribution in [2.75, 3.05) is 5.32 Å². The molecule has 2 aromatic rings. The van der Waals surface area contributed by atoms with Crippen molar-refractivity contribution in [2.24, 2.45) is 0 Å². The summed E-state index contributed by atoms with van der Waals surface area (Å²) in [5.41, 5.74) is 3.13. The molecule has 0 amide bonds. The monoisotopic (exact) mass is 262 g/mol.